The molecule has 150 valence electrons. The number of nitrogens with zero attached hydrogens (tertiary/aromatic N) is 1. The van der Waals surface area contributed by atoms with Gasteiger partial charge in [-0.15, -0.1) is 24.8 Å². The van der Waals surface area contributed by atoms with Gasteiger partial charge < -0.3 is 19.7 Å². The van der Waals surface area contributed by atoms with Crippen molar-refractivity contribution in [2.45, 2.75) is 19.1 Å². The molecule has 2 aromatic rings. The quantitative estimate of drug-likeness (QED) is 0.763. The highest BCUT2D eigenvalue weighted by Gasteiger charge is 2.21. The highest BCUT2D eigenvalue weighted by Crippen LogP contribution is 2.21. The first-order valence-corrected chi connectivity index (χ1v) is 8.65. The van der Waals surface area contributed by atoms with Crippen LogP contribution in [0.2, 0.25) is 0 Å². The number of morpholine rings is 1. The van der Waals surface area contributed by atoms with E-state index < -0.39 is 0 Å². The molecule has 1 fully saturated rings. The minimum absolute atomic E-state index is 0. The van der Waals surface area contributed by atoms with E-state index in [2.05, 4.69) is 23.2 Å². The van der Waals surface area contributed by atoms with Crippen molar-refractivity contribution in [1.82, 2.24) is 5.32 Å². The number of hydrogen-bond donors (Lipinski definition) is 1. The molecule has 0 spiro atoms. The molecule has 2 aromatic carbocycles. The normalized spacial score (nSPS) is 17.4. The molecule has 1 aliphatic rings. The Balaban J connectivity index is 0.00000182. The lowest BCUT2D eigenvalue weighted by atomic mass is 10.1. The van der Waals surface area contributed by atoms with Gasteiger partial charge >= 0.3 is 0 Å². The fourth-order valence-corrected chi connectivity index (χ4v) is 3.09. The minimum atomic E-state index is -0.203. The molecular weight excluding hydrogens is 390 g/mol. The van der Waals surface area contributed by atoms with Gasteiger partial charge in [0, 0.05) is 31.4 Å². The first kappa shape index (κ1) is 23.5. The summed E-state index contributed by atoms with van der Waals surface area (Å²) in [6, 6.07) is 15.0. The Morgan fingerprint density at radius 1 is 1.22 bits per heavy atom. The summed E-state index contributed by atoms with van der Waals surface area (Å²) in [4.78, 5) is 2.18. The number of rotatable bonds is 6. The number of nitrogens with one attached hydrogen (secondary N) is 1. The molecule has 1 N–H and O–H groups in total. The summed E-state index contributed by atoms with van der Waals surface area (Å²) in [5.41, 5.74) is 2.09. The van der Waals surface area contributed by atoms with Gasteiger partial charge in [0.2, 0.25) is 0 Å². The monoisotopic (exact) mass is 416 g/mol. The van der Waals surface area contributed by atoms with Crippen molar-refractivity contribution in [2.24, 2.45) is 0 Å². The number of anilines is 1. The Bertz CT molecular complexity index is 705. The van der Waals surface area contributed by atoms with Crippen LogP contribution in [0.4, 0.5) is 10.1 Å². The first-order chi connectivity index (χ1) is 12.2. The molecule has 4 nitrogen and oxygen atoms in total. The lowest BCUT2D eigenvalue weighted by Crippen LogP contribution is -2.47. The van der Waals surface area contributed by atoms with E-state index in [1.165, 1.54) is 11.6 Å². The molecule has 1 heterocycles. The van der Waals surface area contributed by atoms with E-state index in [-0.39, 0.29) is 42.8 Å². The van der Waals surface area contributed by atoms with Gasteiger partial charge in [0.1, 0.15) is 11.6 Å². The number of methoxy groups -OCH3 is 1. The molecule has 0 radical (unpaired) electrons. The topological polar surface area (TPSA) is 33.7 Å². The Hall–Kier alpha value is -1.53. The molecule has 0 amide bonds. The summed E-state index contributed by atoms with van der Waals surface area (Å²) in [6.07, 6.45) is 0.0741. The molecular formula is C20H27Cl2FN2O2. The van der Waals surface area contributed by atoms with Gasteiger partial charge in [-0.05, 0) is 42.8 Å². The van der Waals surface area contributed by atoms with Crippen molar-refractivity contribution < 1.29 is 13.9 Å². The maximum absolute atomic E-state index is 13.4. The lowest BCUT2D eigenvalue weighted by molar-refractivity contribution is 0.0394. The average molecular weight is 417 g/mol. The SMILES string of the molecule is COc1cccc(C(C)NCC2CN(c3cccc(F)c3)CCO2)c1.Cl.Cl. The molecule has 3 rings (SSSR count). The zero-order valence-electron chi connectivity index (χ0n) is 15.6. The molecule has 1 aliphatic heterocycles. The highest BCUT2D eigenvalue weighted by atomic mass is 35.5. The second-order valence-electron chi connectivity index (χ2n) is 6.33. The Morgan fingerprint density at radius 3 is 2.74 bits per heavy atom. The second-order valence-corrected chi connectivity index (χ2v) is 6.33. The fraction of sp³-hybridized carbons (Fsp3) is 0.400. The van der Waals surface area contributed by atoms with Crippen molar-refractivity contribution in [2.75, 3.05) is 38.3 Å². The fourth-order valence-electron chi connectivity index (χ4n) is 3.09. The Morgan fingerprint density at radius 2 is 2.00 bits per heavy atom. The number of hydrogen-bond acceptors (Lipinski definition) is 4. The van der Waals surface area contributed by atoms with Crippen LogP contribution in [0.15, 0.2) is 48.5 Å². The van der Waals surface area contributed by atoms with Gasteiger partial charge in [0.25, 0.3) is 0 Å². The molecule has 0 aliphatic carbocycles. The van der Waals surface area contributed by atoms with Gasteiger partial charge in [0.05, 0.1) is 19.8 Å². The smallest absolute Gasteiger partial charge is 0.125 e. The molecule has 2 atom stereocenters. The summed E-state index contributed by atoms with van der Waals surface area (Å²) in [6.45, 7) is 5.05. The number of benzene rings is 2. The van der Waals surface area contributed by atoms with E-state index >= 15 is 0 Å². The first-order valence-electron chi connectivity index (χ1n) is 8.65. The van der Waals surface area contributed by atoms with Crippen LogP contribution < -0.4 is 15.0 Å². The van der Waals surface area contributed by atoms with Crippen molar-refractivity contribution in [1.29, 1.82) is 0 Å². The third-order valence-electron chi connectivity index (χ3n) is 4.56. The van der Waals surface area contributed by atoms with Gasteiger partial charge in [-0.25, -0.2) is 4.39 Å². The Labute approximate surface area is 172 Å². The highest BCUT2D eigenvalue weighted by molar-refractivity contribution is 5.85. The maximum atomic E-state index is 13.4. The number of ether oxygens (including phenoxy) is 2. The second kappa shape index (κ2) is 11.3. The molecule has 0 aromatic heterocycles. The Kier molecular flexibility index (Phi) is 9.88. The maximum Gasteiger partial charge on any atom is 0.125 e. The largest absolute Gasteiger partial charge is 0.497 e. The zero-order chi connectivity index (χ0) is 17.6. The van der Waals surface area contributed by atoms with Crippen molar-refractivity contribution in [3.63, 3.8) is 0 Å². The van der Waals surface area contributed by atoms with Crippen LogP contribution in [0, 0.1) is 5.82 Å². The predicted molar refractivity (Wildman–Crippen MR) is 112 cm³/mol. The molecule has 2 unspecified atom stereocenters. The summed E-state index contributed by atoms with van der Waals surface area (Å²) < 4.78 is 24.6. The van der Waals surface area contributed by atoms with Crippen LogP contribution in [0.1, 0.15) is 18.5 Å². The summed E-state index contributed by atoms with van der Waals surface area (Å²) in [5, 5.41) is 3.52. The average Bonchev–Trinajstić information content (AvgIpc) is 2.66. The summed E-state index contributed by atoms with van der Waals surface area (Å²) >= 11 is 0. The molecule has 7 heteroatoms. The predicted octanol–water partition coefficient (Wildman–Crippen LogP) is 4.23. The van der Waals surface area contributed by atoms with E-state index in [9.17, 15) is 4.39 Å². The molecule has 27 heavy (non-hydrogen) atoms. The third-order valence-corrected chi connectivity index (χ3v) is 4.56. The van der Waals surface area contributed by atoms with E-state index in [0.717, 1.165) is 31.1 Å². The molecule has 0 bridgehead atoms. The van der Waals surface area contributed by atoms with E-state index in [4.69, 9.17) is 9.47 Å². The standard InChI is InChI=1S/C20H25FN2O2.2ClH/c1-15(16-5-3-8-19(11-16)24-2)22-13-20-14-23(9-10-25-20)18-7-4-6-17(21)12-18;;/h3-8,11-12,15,20,22H,9-10,13-14H2,1-2H3;2*1H. The van der Waals surface area contributed by atoms with Crippen LogP contribution in [0.3, 0.4) is 0 Å². The zero-order valence-corrected chi connectivity index (χ0v) is 17.2. The van der Waals surface area contributed by atoms with E-state index in [0.29, 0.717) is 6.61 Å². The van der Waals surface area contributed by atoms with Crippen LogP contribution in [0.5, 0.6) is 5.75 Å². The minimum Gasteiger partial charge on any atom is -0.497 e. The molecule has 0 saturated carbocycles. The lowest BCUT2D eigenvalue weighted by Gasteiger charge is -2.35. The van der Waals surface area contributed by atoms with Gasteiger partial charge in [-0.1, -0.05) is 18.2 Å². The van der Waals surface area contributed by atoms with Gasteiger partial charge in [-0.2, -0.15) is 0 Å². The van der Waals surface area contributed by atoms with Crippen molar-refractivity contribution in [3.8, 4) is 5.75 Å². The van der Waals surface area contributed by atoms with Crippen molar-refractivity contribution in [3.05, 3.63) is 59.9 Å². The molecule has 1 saturated heterocycles. The van der Waals surface area contributed by atoms with Crippen LogP contribution in [0.25, 0.3) is 0 Å². The number of halogens is 3. The van der Waals surface area contributed by atoms with Gasteiger partial charge in [0.15, 0.2) is 0 Å². The van der Waals surface area contributed by atoms with Crippen LogP contribution in [-0.2, 0) is 4.74 Å². The van der Waals surface area contributed by atoms with Crippen LogP contribution in [-0.4, -0.2) is 39.5 Å². The van der Waals surface area contributed by atoms with Crippen molar-refractivity contribution >= 4 is 30.5 Å². The summed E-state index contributed by atoms with van der Waals surface area (Å²) in [5.74, 6) is 0.655. The summed E-state index contributed by atoms with van der Waals surface area (Å²) in [7, 11) is 1.67. The third kappa shape index (κ3) is 6.54. The van der Waals surface area contributed by atoms with Gasteiger partial charge in [-0.3, -0.25) is 0 Å². The van der Waals surface area contributed by atoms with E-state index in [1.807, 2.05) is 24.3 Å². The van der Waals surface area contributed by atoms with Crippen LogP contribution >= 0.6 is 24.8 Å². The van der Waals surface area contributed by atoms with E-state index in [1.54, 1.807) is 19.2 Å².